The van der Waals surface area contributed by atoms with E-state index in [0.717, 1.165) is 41.3 Å². The van der Waals surface area contributed by atoms with E-state index in [2.05, 4.69) is 21.2 Å². The molecule has 1 N–H and O–H groups in total. The first-order valence-corrected chi connectivity index (χ1v) is 13.5. The SMILES string of the molecule is COc1ccccc1OCC(=O)N(Cc1cccc(Br)c1)[C@@H](Cc1ccccc1)C(=O)NC1CCCC1. The minimum absolute atomic E-state index is 0.128. The van der Waals surface area contributed by atoms with Crippen molar-refractivity contribution in [1.82, 2.24) is 10.2 Å². The van der Waals surface area contributed by atoms with Gasteiger partial charge in [0.05, 0.1) is 7.11 Å². The van der Waals surface area contributed by atoms with Crippen LogP contribution < -0.4 is 14.8 Å². The van der Waals surface area contributed by atoms with Crippen molar-refractivity contribution in [2.45, 2.75) is 50.7 Å². The summed E-state index contributed by atoms with van der Waals surface area (Å²) in [5, 5.41) is 3.22. The molecule has 0 spiro atoms. The summed E-state index contributed by atoms with van der Waals surface area (Å²) in [6, 6.07) is 24.3. The molecule has 3 aromatic carbocycles. The van der Waals surface area contributed by atoms with Crippen LogP contribution in [0, 0.1) is 0 Å². The Morgan fingerprint density at radius 1 is 0.946 bits per heavy atom. The smallest absolute Gasteiger partial charge is 0.261 e. The highest BCUT2D eigenvalue weighted by Gasteiger charge is 2.32. The van der Waals surface area contributed by atoms with Crippen LogP contribution in [0.4, 0.5) is 0 Å². The van der Waals surface area contributed by atoms with Crippen LogP contribution in [0.3, 0.4) is 0 Å². The highest BCUT2D eigenvalue weighted by molar-refractivity contribution is 9.10. The number of methoxy groups -OCH3 is 1. The lowest BCUT2D eigenvalue weighted by Crippen LogP contribution is -2.53. The fourth-order valence-electron chi connectivity index (χ4n) is 4.71. The topological polar surface area (TPSA) is 67.9 Å². The van der Waals surface area contributed by atoms with Crippen LogP contribution in [-0.2, 0) is 22.6 Å². The summed E-state index contributed by atoms with van der Waals surface area (Å²) in [6.07, 6.45) is 4.58. The summed E-state index contributed by atoms with van der Waals surface area (Å²) in [4.78, 5) is 29.1. The summed E-state index contributed by atoms with van der Waals surface area (Å²) in [6.45, 7) is 0.0690. The Labute approximate surface area is 227 Å². The van der Waals surface area contributed by atoms with Gasteiger partial charge >= 0.3 is 0 Å². The van der Waals surface area contributed by atoms with E-state index in [-0.39, 0.29) is 31.0 Å². The van der Waals surface area contributed by atoms with E-state index in [1.807, 2.05) is 66.7 Å². The number of rotatable bonds is 11. The Kier molecular flexibility index (Phi) is 9.60. The highest BCUT2D eigenvalue weighted by atomic mass is 79.9. The number of carbonyl (C=O) groups is 2. The predicted octanol–water partition coefficient (Wildman–Crippen LogP) is 5.54. The molecule has 194 valence electrons. The van der Waals surface area contributed by atoms with E-state index in [1.165, 1.54) is 0 Å². The van der Waals surface area contributed by atoms with E-state index >= 15 is 0 Å². The molecule has 2 amide bonds. The third-order valence-corrected chi connectivity index (χ3v) is 7.13. The molecule has 0 aliphatic heterocycles. The lowest BCUT2D eigenvalue weighted by Gasteiger charge is -2.32. The molecule has 1 atom stereocenters. The third-order valence-electron chi connectivity index (χ3n) is 6.63. The summed E-state index contributed by atoms with van der Waals surface area (Å²) in [7, 11) is 1.56. The molecular formula is C30H33BrN2O4. The quantitative estimate of drug-likeness (QED) is 0.332. The van der Waals surface area contributed by atoms with Gasteiger partial charge in [0.15, 0.2) is 18.1 Å². The van der Waals surface area contributed by atoms with Crippen molar-refractivity contribution in [3.05, 3.63) is 94.5 Å². The molecule has 4 rings (SSSR count). The number of amides is 2. The molecule has 7 heteroatoms. The number of para-hydroxylation sites is 2. The number of hydrogen-bond donors (Lipinski definition) is 1. The molecule has 1 saturated carbocycles. The van der Waals surface area contributed by atoms with Gasteiger partial charge in [0, 0.05) is 23.5 Å². The molecule has 1 aliphatic carbocycles. The van der Waals surface area contributed by atoms with E-state index in [9.17, 15) is 9.59 Å². The van der Waals surface area contributed by atoms with Crippen molar-refractivity contribution in [3.8, 4) is 11.5 Å². The second kappa shape index (κ2) is 13.3. The van der Waals surface area contributed by atoms with E-state index < -0.39 is 6.04 Å². The molecule has 0 bridgehead atoms. The number of ether oxygens (including phenoxy) is 2. The molecular weight excluding hydrogens is 532 g/mol. The Hall–Kier alpha value is -3.32. The van der Waals surface area contributed by atoms with Gasteiger partial charge in [-0.3, -0.25) is 9.59 Å². The number of nitrogens with zero attached hydrogens (tertiary/aromatic N) is 1. The van der Waals surface area contributed by atoms with E-state index in [1.54, 1.807) is 24.1 Å². The number of benzene rings is 3. The first kappa shape index (κ1) is 26.7. The average molecular weight is 566 g/mol. The van der Waals surface area contributed by atoms with Gasteiger partial charge in [-0.05, 0) is 48.2 Å². The van der Waals surface area contributed by atoms with Gasteiger partial charge in [-0.15, -0.1) is 0 Å². The largest absolute Gasteiger partial charge is 0.493 e. The fraction of sp³-hybridized carbons (Fsp3) is 0.333. The zero-order valence-corrected chi connectivity index (χ0v) is 22.7. The van der Waals surface area contributed by atoms with Gasteiger partial charge in [-0.1, -0.05) is 83.4 Å². The average Bonchev–Trinajstić information content (AvgIpc) is 3.43. The predicted molar refractivity (Wildman–Crippen MR) is 148 cm³/mol. The second-order valence-electron chi connectivity index (χ2n) is 9.29. The highest BCUT2D eigenvalue weighted by Crippen LogP contribution is 2.26. The number of halogens is 1. The van der Waals surface area contributed by atoms with Gasteiger partial charge in [-0.25, -0.2) is 0 Å². The zero-order chi connectivity index (χ0) is 26.0. The normalized spacial score (nSPS) is 14.1. The zero-order valence-electron chi connectivity index (χ0n) is 21.1. The van der Waals surface area contributed by atoms with Crippen LogP contribution in [0.1, 0.15) is 36.8 Å². The van der Waals surface area contributed by atoms with Crippen molar-refractivity contribution in [3.63, 3.8) is 0 Å². The minimum atomic E-state index is -0.684. The Bertz CT molecular complexity index is 1180. The van der Waals surface area contributed by atoms with Crippen LogP contribution in [-0.4, -0.2) is 42.5 Å². The molecule has 0 heterocycles. The molecule has 6 nitrogen and oxygen atoms in total. The molecule has 0 aromatic heterocycles. The van der Waals surface area contributed by atoms with Gasteiger partial charge in [0.25, 0.3) is 5.91 Å². The maximum Gasteiger partial charge on any atom is 0.261 e. The fourth-order valence-corrected chi connectivity index (χ4v) is 5.16. The van der Waals surface area contributed by atoms with Crippen molar-refractivity contribution in [2.24, 2.45) is 0 Å². The molecule has 0 unspecified atom stereocenters. The van der Waals surface area contributed by atoms with E-state index in [4.69, 9.17) is 9.47 Å². The molecule has 3 aromatic rings. The van der Waals surface area contributed by atoms with Gasteiger partial charge < -0.3 is 19.7 Å². The number of nitrogens with one attached hydrogen (secondary N) is 1. The summed E-state index contributed by atoms with van der Waals surface area (Å²) in [5.74, 6) is 0.634. The van der Waals surface area contributed by atoms with Crippen molar-refractivity contribution < 1.29 is 19.1 Å². The number of carbonyl (C=O) groups excluding carboxylic acids is 2. The Morgan fingerprint density at radius 3 is 2.32 bits per heavy atom. The Balaban J connectivity index is 1.62. The molecule has 37 heavy (non-hydrogen) atoms. The van der Waals surface area contributed by atoms with Crippen molar-refractivity contribution in [1.29, 1.82) is 0 Å². The molecule has 1 fully saturated rings. The standard InChI is InChI=1S/C30H33BrN2O4/c1-36-27-16-7-8-17-28(27)37-21-29(34)33(20-23-12-9-13-24(31)18-23)26(19-22-10-3-2-4-11-22)30(35)32-25-14-5-6-15-25/h2-4,7-13,16-18,25-26H,5-6,14-15,19-21H2,1H3,(H,32,35)/t26-/m0/s1. The first-order chi connectivity index (χ1) is 18.0. The molecule has 1 aliphatic rings. The van der Waals surface area contributed by atoms with Crippen LogP contribution in [0.2, 0.25) is 0 Å². The summed E-state index contributed by atoms with van der Waals surface area (Å²) >= 11 is 3.52. The lowest BCUT2D eigenvalue weighted by atomic mass is 10.0. The van der Waals surface area contributed by atoms with Crippen LogP contribution >= 0.6 is 15.9 Å². The lowest BCUT2D eigenvalue weighted by molar-refractivity contribution is -0.143. The van der Waals surface area contributed by atoms with Crippen LogP contribution in [0.25, 0.3) is 0 Å². The van der Waals surface area contributed by atoms with Crippen LogP contribution in [0.5, 0.6) is 11.5 Å². The van der Waals surface area contributed by atoms with Gasteiger partial charge in [0.1, 0.15) is 6.04 Å². The monoisotopic (exact) mass is 564 g/mol. The minimum Gasteiger partial charge on any atom is -0.493 e. The number of hydrogen-bond acceptors (Lipinski definition) is 4. The summed E-state index contributed by atoms with van der Waals surface area (Å²) < 4.78 is 12.2. The van der Waals surface area contributed by atoms with Gasteiger partial charge in [-0.2, -0.15) is 0 Å². The second-order valence-corrected chi connectivity index (χ2v) is 10.2. The van der Waals surface area contributed by atoms with E-state index in [0.29, 0.717) is 17.9 Å². The first-order valence-electron chi connectivity index (χ1n) is 12.7. The van der Waals surface area contributed by atoms with Crippen LogP contribution in [0.15, 0.2) is 83.3 Å². The maximum absolute atomic E-state index is 13.7. The van der Waals surface area contributed by atoms with Crippen molar-refractivity contribution >= 4 is 27.7 Å². The molecule has 0 saturated heterocycles. The maximum atomic E-state index is 13.7. The Morgan fingerprint density at radius 2 is 1.62 bits per heavy atom. The summed E-state index contributed by atoms with van der Waals surface area (Å²) in [5.41, 5.74) is 1.92. The van der Waals surface area contributed by atoms with Crippen molar-refractivity contribution in [2.75, 3.05) is 13.7 Å². The third kappa shape index (κ3) is 7.59. The van der Waals surface area contributed by atoms with Gasteiger partial charge in [0.2, 0.25) is 5.91 Å². The molecule has 0 radical (unpaired) electrons.